The maximum absolute atomic E-state index is 13.2. The molecular formula is C42H49Cl2N9O7S. The maximum Gasteiger partial charge on any atom is 0.241 e. The number of aromatic nitrogens is 3. The van der Waals surface area contributed by atoms with Gasteiger partial charge in [-0.25, -0.2) is 0 Å². The smallest absolute Gasteiger partial charge is 0.241 e. The summed E-state index contributed by atoms with van der Waals surface area (Å²) in [4.78, 5) is 47.9. The van der Waals surface area contributed by atoms with Crippen LogP contribution in [-0.2, 0) is 28.6 Å². The Morgan fingerprint density at radius 1 is 0.967 bits per heavy atom. The Hall–Kier alpha value is -5.09. The van der Waals surface area contributed by atoms with Gasteiger partial charge in [0.2, 0.25) is 17.7 Å². The first-order valence-electron chi connectivity index (χ1n) is 20.0. The van der Waals surface area contributed by atoms with Gasteiger partial charge in [-0.1, -0.05) is 23.7 Å². The average molecular weight is 895 g/mol. The zero-order valence-electron chi connectivity index (χ0n) is 34.4. The molecule has 2 aliphatic heterocycles. The van der Waals surface area contributed by atoms with Crippen molar-refractivity contribution >= 4 is 69.3 Å². The summed E-state index contributed by atoms with van der Waals surface area (Å²) in [6, 6.07) is 14.4. The van der Waals surface area contributed by atoms with Crippen LogP contribution >= 0.6 is 34.5 Å². The van der Waals surface area contributed by atoms with E-state index in [-0.39, 0.29) is 49.5 Å². The monoisotopic (exact) mass is 893 g/mol. The third kappa shape index (κ3) is 11.6. The molecule has 19 heteroatoms. The molecule has 0 radical (unpaired) electrons. The number of hydrogen-bond acceptors (Lipinski definition) is 13. The standard InChI is InChI=1S/C42H49Cl2N9O7S/c1-27-28(2)61-42-39(27)40(30-5-7-31(44)8-6-30)48-33(41-50-49-29(3)53(41)42)24-36(54)46-12-16-57-19-21-59-22-20-58-17-13-47-37(55)26-51-15-18-60-35-23-32(9-10-34(35)51)52(14-4-11-45)38(56)25-43/h5-10,23,33H,4,12-22,24-26H2,1-3H3,(H,46,54)(H,47,55). The second-order valence-electron chi connectivity index (χ2n) is 14.2. The number of carbonyl (C=O) groups excluding carboxylic acids is 3. The lowest BCUT2D eigenvalue weighted by Crippen LogP contribution is -2.42. The van der Waals surface area contributed by atoms with Crippen LogP contribution in [0.5, 0.6) is 5.75 Å². The molecule has 6 rings (SSSR count). The summed E-state index contributed by atoms with van der Waals surface area (Å²) in [5.74, 6) is 1.04. The van der Waals surface area contributed by atoms with Crippen molar-refractivity contribution in [3.05, 3.63) is 80.7 Å². The van der Waals surface area contributed by atoms with Gasteiger partial charge in [-0.3, -0.25) is 23.9 Å². The Bertz CT molecular complexity index is 2240. The van der Waals surface area contributed by atoms with E-state index in [2.05, 4.69) is 34.7 Å². The van der Waals surface area contributed by atoms with E-state index in [1.807, 2.05) is 46.7 Å². The minimum Gasteiger partial charge on any atom is -0.489 e. The number of amides is 3. The summed E-state index contributed by atoms with van der Waals surface area (Å²) in [5.41, 5.74) is 5.15. The lowest BCUT2D eigenvalue weighted by molar-refractivity contribution is -0.122. The predicted octanol–water partition coefficient (Wildman–Crippen LogP) is 4.86. The van der Waals surface area contributed by atoms with Crippen LogP contribution in [-0.4, -0.2) is 123 Å². The predicted molar refractivity (Wildman–Crippen MR) is 234 cm³/mol. The molecular weight excluding hydrogens is 845 g/mol. The number of benzene rings is 2. The molecule has 0 bridgehead atoms. The van der Waals surface area contributed by atoms with Crippen LogP contribution in [0, 0.1) is 32.1 Å². The van der Waals surface area contributed by atoms with E-state index >= 15 is 0 Å². The van der Waals surface area contributed by atoms with Crippen molar-refractivity contribution in [1.82, 2.24) is 25.4 Å². The van der Waals surface area contributed by atoms with Gasteiger partial charge in [-0.2, -0.15) is 5.26 Å². The minimum atomic E-state index is -0.557. The number of aryl methyl sites for hydroxylation is 2. The van der Waals surface area contributed by atoms with E-state index in [9.17, 15) is 14.4 Å². The van der Waals surface area contributed by atoms with Gasteiger partial charge in [0.15, 0.2) is 5.82 Å². The van der Waals surface area contributed by atoms with Crippen LogP contribution in [0.25, 0.3) is 5.00 Å². The van der Waals surface area contributed by atoms with Crippen molar-refractivity contribution in [1.29, 1.82) is 5.26 Å². The SMILES string of the molecule is Cc1sc2c(c1C)C(c1ccc(Cl)cc1)=NC(CC(=O)NCCOCCOCCOCCNC(=O)CN1CCOc3cc(N(CCC#N)C(=O)CCl)ccc31)c1nnc(C)n1-2. The number of ether oxygens (including phenoxy) is 4. The van der Waals surface area contributed by atoms with E-state index in [4.69, 9.17) is 52.4 Å². The zero-order valence-corrected chi connectivity index (χ0v) is 36.7. The van der Waals surface area contributed by atoms with Crippen LogP contribution in [0.2, 0.25) is 5.02 Å². The lowest BCUT2D eigenvalue weighted by atomic mass is 9.99. The molecule has 324 valence electrons. The fraction of sp³-hybridized carbons (Fsp3) is 0.452. The van der Waals surface area contributed by atoms with Gasteiger partial charge in [-0.05, 0) is 50.6 Å². The topological polar surface area (TPSA) is 186 Å². The Balaban J connectivity index is 0.847. The molecule has 2 aliphatic rings. The van der Waals surface area contributed by atoms with Crippen molar-refractivity contribution in [3.63, 3.8) is 0 Å². The van der Waals surface area contributed by atoms with E-state index in [1.54, 1.807) is 29.5 Å². The highest BCUT2D eigenvalue weighted by Gasteiger charge is 2.32. The molecule has 0 spiro atoms. The number of nitrogens with zero attached hydrogens (tertiary/aromatic N) is 7. The summed E-state index contributed by atoms with van der Waals surface area (Å²) < 4.78 is 24.7. The van der Waals surface area contributed by atoms with E-state index in [1.165, 1.54) is 9.78 Å². The molecule has 1 atom stereocenters. The Morgan fingerprint density at radius 3 is 2.34 bits per heavy atom. The number of thiophene rings is 1. The van der Waals surface area contributed by atoms with Crippen LogP contribution in [0.1, 0.15) is 52.1 Å². The molecule has 4 aromatic rings. The quantitative estimate of drug-likeness (QED) is 0.0861. The number of anilines is 2. The molecule has 0 fully saturated rings. The van der Waals surface area contributed by atoms with Crippen LogP contribution in [0.3, 0.4) is 0 Å². The van der Waals surface area contributed by atoms with Gasteiger partial charge in [0.1, 0.15) is 35.1 Å². The molecule has 1 unspecified atom stereocenters. The van der Waals surface area contributed by atoms with Crippen molar-refractivity contribution in [3.8, 4) is 16.8 Å². The third-order valence-corrected chi connectivity index (χ3v) is 11.7. The number of aliphatic imine (C=N–C) groups is 1. The highest BCUT2D eigenvalue weighted by molar-refractivity contribution is 7.15. The molecule has 16 nitrogen and oxygen atoms in total. The number of rotatable bonds is 21. The second kappa shape index (κ2) is 22.1. The normalized spacial score (nSPS) is 14.1. The van der Waals surface area contributed by atoms with Gasteiger partial charge >= 0.3 is 0 Å². The molecule has 0 saturated carbocycles. The molecule has 61 heavy (non-hydrogen) atoms. The van der Waals surface area contributed by atoms with Crippen LogP contribution < -0.4 is 25.2 Å². The van der Waals surface area contributed by atoms with Crippen LogP contribution in [0.4, 0.5) is 11.4 Å². The summed E-state index contributed by atoms with van der Waals surface area (Å²) in [5, 5.41) is 25.2. The highest BCUT2D eigenvalue weighted by Crippen LogP contribution is 2.40. The summed E-state index contributed by atoms with van der Waals surface area (Å²) >= 11 is 13.7. The number of fused-ring (bicyclic) bond motifs is 4. The fourth-order valence-corrected chi connectivity index (χ4v) is 8.39. The van der Waals surface area contributed by atoms with Crippen molar-refractivity contribution in [2.45, 2.75) is 39.7 Å². The number of alkyl halides is 1. The summed E-state index contributed by atoms with van der Waals surface area (Å²) in [6.45, 7) is 10.1. The number of nitrogens with one attached hydrogen (secondary N) is 2. The Morgan fingerprint density at radius 2 is 1.66 bits per heavy atom. The molecule has 2 aromatic carbocycles. The van der Waals surface area contributed by atoms with Gasteiger partial charge in [0.25, 0.3) is 0 Å². The van der Waals surface area contributed by atoms with E-state index in [0.29, 0.717) is 88.2 Å². The summed E-state index contributed by atoms with van der Waals surface area (Å²) in [7, 11) is 0. The Kier molecular flexibility index (Phi) is 16.5. The van der Waals surface area contributed by atoms with Gasteiger partial charge in [0, 0.05) is 52.4 Å². The van der Waals surface area contributed by atoms with Crippen molar-refractivity contribution < 1.29 is 33.3 Å². The Labute approximate surface area is 368 Å². The first kappa shape index (κ1) is 45.4. The van der Waals surface area contributed by atoms with E-state index in [0.717, 1.165) is 38.9 Å². The summed E-state index contributed by atoms with van der Waals surface area (Å²) in [6.07, 6.45) is 0.255. The molecule has 4 heterocycles. The average Bonchev–Trinajstić information content (AvgIpc) is 3.74. The zero-order chi connectivity index (χ0) is 43.3. The van der Waals surface area contributed by atoms with Crippen molar-refractivity contribution in [2.24, 2.45) is 4.99 Å². The first-order chi connectivity index (χ1) is 29.6. The number of carbonyl (C=O) groups is 3. The maximum atomic E-state index is 13.2. The number of halogens is 2. The molecule has 3 amide bonds. The molecule has 0 aliphatic carbocycles. The molecule has 0 saturated heterocycles. The lowest BCUT2D eigenvalue weighted by Gasteiger charge is -2.32. The van der Waals surface area contributed by atoms with Gasteiger partial charge < -0.3 is 39.4 Å². The van der Waals surface area contributed by atoms with Gasteiger partial charge in [0.05, 0.1) is 83.0 Å². The molecule has 2 N–H and O–H groups in total. The first-order valence-corrected chi connectivity index (χ1v) is 21.7. The van der Waals surface area contributed by atoms with Crippen molar-refractivity contribution in [2.75, 3.05) is 94.7 Å². The largest absolute Gasteiger partial charge is 0.489 e. The number of hydrogen-bond donors (Lipinski definition) is 2. The fourth-order valence-electron chi connectivity index (χ4n) is 6.91. The minimum absolute atomic E-state index is 0.0877. The molecule has 2 aromatic heterocycles. The van der Waals surface area contributed by atoms with Gasteiger partial charge in [-0.15, -0.1) is 33.1 Å². The second-order valence-corrected chi connectivity index (χ2v) is 16.1. The number of nitriles is 1. The highest BCUT2D eigenvalue weighted by atomic mass is 35.5. The van der Waals surface area contributed by atoms with Crippen LogP contribution in [0.15, 0.2) is 47.5 Å². The van der Waals surface area contributed by atoms with E-state index < -0.39 is 6.04 Å². The third-order valence-electron chi connectivity index (χ3n) is 10.0.